The summed E-state index contributed by atoms with van der Waals surface area (Å²) in [5.41, 5.74) is 4.44. The number of benzene rings is 3. The van der Waals surface area contributed by atoms with Crippen molar-refractivity contribution in [3.63, 3.8) is 0 Å². The second-order valence-corrected chi connectivity index (χ2v) is 9.86. The van der Waals surface area contributed by atoms with Gasteiger partial charge in [-0.3, -0.25) is 4.79 Å². The summed E-state index contributed by atoms with van der Waals surface area (Å²) >= 11 is 0. The van der Waals surface area contributed by atoms with E-state index in [1.807, 2.05) is 30.3 Å². The third-order valence-electron chi connectivity index (χ3n) is 7.19. The summed E-state index contributed by atoms with van der Waals surface area (Å²) in [5, 5.41) is 6.33. The number of carbonyl (C=O) groups is 1. The molecule has 0 bridgehead atoms. The maximum absolute atomic E-state index is 13.2. The van der Waals surface area contributed by atoms with Crippen molar-refractivity contribution in [2.75, 3.05) is 30.8 Å². The molecule has 1 aliphatic rings. The van der Waals surface area contributed by atoms with E-state index in [1.54, 1.807) is 18.2 Å². The largest absolute Gasteiger partial charge is 0.380 e. The van der Waals surface area contributed by atoms with Crippen molar-refractivity contribution in [2.45, 2.75) is 38.6 Å². The molecule has 0 atom stereocenters. The summed E-state index contributed by atoms with van der Waals surface area (Å²) in [6.45, 7) is 7.47. The number of nitrogens with zero attached hydrogens (tertiary/aromatic N) is 1. The Morgan fingerprint density at radius 3 is 2.29 bits per heavy atom. The van der Waals surface area contributed by atoms with E-state index in [0.717, 1.165) is 30.0 Å². The third kappa shape index (κ3) is 5.65. The van der Waals surface area contributed by atoms with Gasteiger partial charge in [0.2, 0.25) is 0 Å². The molecule has 1 fully saturated rings. The Morgan fingerprint density at radius 2 is 1.62 bits per heavy atom. The van der Waals surface area contributed by atoms with Crippen molar-refractivity contribution < 1.29 is 9.18 Å². The molecule has 5 heteroatoms. The third-order valence-corrected chi connectivity index (χ3v) is 7.19. The average molecular weight is 460 g/mol. The van der Waals surface area contributed by atoms with Gasteiger partial charge in [-0.05, 0) is 91.8 Å². The summed E-state index contributed by atoms with van der Waals surface area (Å²) in [5.74, 6) is 0.233. The van der Waals surface area contributed by atoms with Gasteiger partial charge in [-0.25, -0.2) is 4.39 Å². The predicted molar refractivity (Wildman–Crippen MR) is 138 cm³/mol. The lowest BCUT2D eigenvalue weighted by Gasteiger charge is -2.40. The van der Waals surface area contributed by atoms with E-state index in [4.69, 9.17) is 0 Å². The van der Waals surface area contributed by atoms with Gasteiger partial charge in [0.25, 0.3) is 5.91 Å². The van der Waals surface area contributed by atoms with Crippen LogP contribution in [-0.4, -0.2) is 30.9 Å². The van der Waals surface area contributed by atoms with E-state index in [9.17, 15) is 9.18 Å². The zero-order chi connectivity index (χ0) is 24.1. The summed E-state index contributed by atoms with van der Waals surface area (Å²) in [4.78, 5) is 15.4. The van der Waals surface area contributed by atoms with Crippen molar-refractivity contribution in [2.24, 2.45) is 5.92 Å². The summed E-state index contributed by atoms with van der Waals surface area (Å²) in [6, 6.07) is 22.1. The maximum Gasteiger partial charge on any atom is 0.257 e. The quantitative estimate of drug-likeness (QED) is 0.435. The molecule has 0 unspecified atom stereocenters. The number of piperidine rings is 1. The Morgan fingerprint density at radius 1 is 0.971 bits per heavy atom. The Hall–Kier alpha value is -3.18. The minimum atomic E-state index is -0.260. The molecule has 0 saturated carbocycles. The molecule has 4 nitrogen and oxygen atoms in total. The van der Waals surface area contributed by atoms with Crippen LogP contribution in [0.2, 0.25) is 0 Å². The van der Waals surface area contributed by atoms with E-state index in [2.05, 4.69) is 48.6 Å². The lowest BCUT2D eigenvalue weighted by Crippen LogP contribution is -2.39. The van der Waals surface area contributed by atoms with E-state index < -0.39 is 0 Å². The van der Waals surface area contributed by atoms with Crippen molar-refractivity contribution in [1.29, 1.82) is 0 Å². The molecule has 1 amide bonds. The number of likely N-dealkylation sites (tertiary alicyclic amines) is 1. The first kappa shape index (κ1) is 24.0. The average Bonchev–Trinajstić information content (AvgIpc) is 2.84. The van der Waals surface area contributed by atoms with E-state index in [1.165, 1.54) is 30.5 Å². The molecule has 34 heavy (non-hydrogen) atoms. The molecule has 4 rings (SSSR count). The molecule has 1 saturated heterocycles. The first-order valence-corrected chi connectivity index (χ1v) is 12.0. The van der Waals surface area contributed by atoms with Gasteiger partial charge in [0.05, 0.1) is 5.56 Å². The van der Waals surface area contributed by atoms with Crippen molar-refractivity contribution >= 4 is 17.3 Å². The van der Waals surface area contributed by atoms with Crippen LogP contribution in [0, 0.1) is 11.7 Å². The number of nitrogens with one attached hydrogen (secondary N) is 2. The highest BCUT2D eigenvalue weighted by Crippen LogP contribution is 2.38. The van der Waals surface area contributed by atoms with Gasteiger partial charge in [-0.2, -0.15) is 0 Å². The molecule has 0 spiro atoms. The Labute approximate surface area is 202 Å². The minimum absolute atomic E-state index is 0.0979. The highest BCUT2D eigenvalue weighted by molar-refractivity contribution is 6.08. The lowest BCUT2D eigenvalue weighted by molar-refractivity contribution is 0.102. The van der Waals surface area contributed by atoms with Gasteiger partial charge in [-0.1, -0.05) is 50.2 Å². The molecule has 1 aliphatic heterocycles. The van der Waals surface area contributed by atoms with Crippen LogP contribution in [0.15, 0.2) is 72.8 Å². The van der Waals surface area contributed by atoms with E-state index >= 15 is 0 Å². The fraction of sp³-hybridized carbons (Fsp3) is 0.345. The van der Waals surface area contributed by atoms with Crippen LogP contribution in [0.1, 0.15) is 48.2 Å². The van der Waals surface area contributed by atoms with Gasteiger partial charge in [0.15, 0.2) is 0 Å². The molecule has 0 aromatic heterocycles. The molecule has 1 heterocycles. The summed E-state index contributed by atoms with van der Waals surface area (Å²) in [6.07, 6.45) is 2.42. The molecule has 0 radical (unpaired) electrons. The second-order valence-electron chi connectivity index (χ2n) is 9.86. The first-order chi connectivity index (χ1) is 16.3. The molecular weight excluding hydrogens is 425 g/mol. The van der Waals surface area contributed by atoms with Crippen LogP contribution in [0.5, 0.6) is 0 Å². The normalized spacial score (nSPS) is 15.2. The molecule has 3 aromatic carbocycles. The highest BCUT2D eigenvalue weighted by atomic mass is 19.1. The fourth-order valence-corrected chi connectivity index (χ4v) is 4.78. The predicted octanol–water partition coefficient (Wildman–Crippen LogP) is 6.31. The number of amides is 1. The van der Waals surface area contributed by atoms with Crippen molar-refractivity contribution in [3.8, 4) is 0 Å². The van der Waals surface area contributed by atoms with Crippen molar-refractivity contribution in [1.82, 2.24) is 4.90 Å². The number of para-hydroxylation sites is 1. The standard InChI is InChI=1S/C29H34FN3O/c1-29(2,23-16-18-33(3)19-17-23)22-10-14-25(15-11-22)32-28(34)26-6-4-5-7-27(26)31-20-21-8-12-24(30)13-9-21/h4-15,23,31H,16-20H2,1-3H3,(H,32,34). The Balaban J connectivity index is 1.41. The molecular formula is C29H34FN3O. The number of rotatable bonds is 7. The Kier molecular flexibility index (Phi) is 7.32. The van der Waals surface area contributed by atoms with Crippen LogP contribution in [-0.2, 0) is 12.0 Å². The Bertz CT molecular complexity index is 1100. The number of halogens is 1. The van der Waals surface area contributed by atoms with E-state index in [0.29, 0.717) is 18.0 Å². The van der Waals surface area contributed by atoms with Gasteiger partial charge in [0.1, 0.15) is 5.82 Å². The lowest BCUT2D eigenvalue weighted by atomic mass is 9.69. The van der Waals surface area contributed by atoms with Crippen LogP contribution in [0.3, 0.4) is 0 Å². The number of hydrogen-bond acceptors (Lipinski definition) is 3. The summed E-state index contributed by atoms with van der Waals surface area (Å²) < 4.78 is 13.2. The zero-order valence-corrected chi connectivity index (χ0v) is 20.3. The van der Waals surface area contributed by atoms with Crippen LogP contribution < -0.4 is 10.6 Å². The van der Waals surface area contributed by atoms with Crippen LogP contribution in [0.25, 0.3) is 0 Å². The van der Waals surface area contributed by atoms with E-state index in [-0.39, 0.29) is 17.1 Å². The zero-order valence-electron chi connectivity index (χ0n) is 20.3. The number of hydrogen-bond donors (Lipinski definition) is 2. The van der Waals surface area contributed by atoms with Gasteiger partial charge < -0.3 is 15.5 Å². The number of anilines is 2. The summed E-state index contributed by atoms with van der Waals surface area (Å²) in [7, 11) is 2.19. The fourth-order valence-electron chi connectivity index (χ4n) is 4.78. The minimum Gasteiger partial charge on any atom is -0.380 e. The maximum atomic E-state index is 13.2. The smallest absolute Gasteiger partial charge is 0.257 e. The molecule has 2 N–H and O–H groups in total. The SMILES string of the molecule is CN1CCC(C(C)(C)c2ccc(NC(=O)c3ccccc3NCc3ccc(F)cc3)cc2)CC1. The molecule has 178 valence electrons. The molecule has 0 aliphatic carbocycles. The van der Waals surface area contributed by atoms with Gasteiger partial charge in [-0.15, -0.1) is 0 Å². The molecule has 3 aromatic rings. The van der Waals surface area contributed by atoms with Crippen molar-refractivity contribution in [3.05, 3.63) is 95.3 Å². The highest BCUT2D eigenvalue weighted by Gasteiger charge is 2.33. The number of carbonyl (C=O) groups excluding carboxylic acids is 1. The topological polar surface area (TPSA) is 44.4 Å². The monoisotopic (exact) mass is 459 g/mol. The van der Waals surface area contributed by atoms with Gasteiger partial charge >= 0.3 is 0 Å². The second kappa shape index (κ2) is 10.4. The van der Waals surface area contributed by atoms with Gasteiger partial charge in [0, 0.05) is 17.9 Å². The first-order valence-electron chi connectivity index (χ1n) is 12.0. The van der Waals surface area contributed by atoms with Crippen LogP contribution in [0.4, 0.5) is 15.8 Å². The van der Waals surface area contributed by atoms with Crippen LogP contribution >= 0.6 is 0 Å².